The summed E-state index contributed by atoms with van der Waals surface area (Å²) in [5, 5.41) is 7.22. The molecular formula is C21H33BrN4O. The van der Waals surface area contributed by atoms with Gasteiger partial charge in [0.25, 0.3) is 0 Å². The quantitative estimate of drug-likeness (QED) is 0.373. The summed E-state index contributed by atoms with van der Waals surface area (Å²) in [5.41, 5.74) is 1.69. The van der Waals surface area contributed by atoms with Crippen LogP contribution in [0.3, 0.4) is 0 Å². The molecule has 2 aliphatic rings. The van der Waals surface area contributed by atoms with Crippen LogP contribution in [-0.4, -0.2) is 63.8 Å². The van der Waals surface area contributed by atoms with Crippen molar-refractivity contribution in [3.05, 3.63) is 34.3 Å². The molecule has 0 aromatic heterocycles. The Morgan fingerprint density at radius 3 is 2.74 bits per heavy atom. The molecule has 2 fully saturated rings. The van der Waals surface area contributed by atoms with Crippen LogP contribution in [-0.2, 0) is 10.2 Å². The van der Waals surface area contributed by atoms with Crippen LogP contribution < -0.4 is 10.6 Å². The topological polar surface area (TPSA) is 48.9 Å². The Morgan fingerprint density at radius 1 is 1.33 bits per heavy atom. The molecule has 0 spiro atoms. The molecule has 1 aliphatic carbocycles. The lowest BCUT2D eigenvalue weighted by Crippen LogP contribution is -2.50. The lowest BCUT2D eigenvalue weighted by molar-refractivity contribution is 0.155. The number of rotatable bonds is 8. The second-order valence-electron chi connectivity index (χ2n) is 7.82. The molecule has 1 aromatic rings. The van der Waals surface area contributed by atoms with Gasteiger partial charge in [-0.25, -0.2) is 0 Å². The zero-order valence-electron chi connectivity index (χ0n) is 16.6. The van der Waals surface area contributed by atoms with Crippen LogP contribution in [0, 0.1) is 0 Å². The molecular weight excluding hydrogens is 404 g/mol. The maximum atomic E-state index is 5.15. The number of nitrogens with zero attached hydrogens (tertiary/aromatic N) is 2. The zero-order chi connectivity index (χ0) is 19.1. The Balaban J connectivity index is 1.43. The van der Waals surface area contributed by atoms with Gasteiger partial charge in [0.15, 0.2) is 5.96 Å². The second kappa shape index (κ2) is 9.89. The van der Waals surface area contributed by atoms with Crippen molar-refractivity contribution in [1.82, 2.24) is 15.5 Å². The molecule has 0 amide bonds. The molecule has 27 heavy (non-hydrogen) atoms. The fraction of sp³-hybridized carbons (Fsp3) is 0.667. The average molecular weight is 437 g/mol. The summed E-state index contributed by atoms with van der Waals surface area (Å²) >= 11 is 3.60. The highest BCUT2D eigenvalue weighted by atomic mass is 79.9. The number of aliphatic imine (C=N–C) groups is 1. The number of guanidine groups is 1. The van der Waals surface area contributed by atoms with Crippen molar-refractivity contribution >= 4 is 21.9 Å². The van der Waals surface area contributed by atoms with Gasteiger partial charge in [-0.05, 0) is 49.8 Å². The molecule has 1 aromatic carbocycles. The SMILES string of the molecule is CN=C(NCC1(c2cccc(Br)c2)CC1)NC1CCN(CCCOC)CC1. The summed E-state index contributed by atoms with van der Waals surface area (Å²) in [6.07, 6.45) is 5.95. The van der Waals surface area contributed by atoms with Crippen molar-refractivity contribution in [3.8, 4) is 0 Å². The molecule has 1 aliphatic heterocycles. The zero-order valence-corrected chi connectivity index (χ0v) is 18.2. The van der Waals surface area contributed by atoms with Crippen LogP contribution in [0.4, 0.5) is 0 Å². The minimum absolute atomic E-state index is 0.270. The predicted molar refractivity (Wildman–Crippen MR) is 116 cm³/mol. The van der Waals surface area contributed by atoms with Gasteiger partial charge in [-0.1, -0.05) is 28.1 Å². The van der Waals surface area contributed by atoms with Crippen molar-refractivity contribution in [2.45, 2.75) is 43.6 Å². The van der Waals surface area contributed by atoms with E-state index in [9.17, 15) is 0 Å². The maximum absolute atomic E-state index is 5.15. The minimum Gasteiger partial charge on any atom is -0.385 e. The van der Waals surface area contributed by atoms with E-state index in [0.29, 0.717) is 6.04 Å². The fourth-order valence-electron chi connectivity index (χ4n) is 3.91. The van der Waals surface area contributed by atoms with E-state index >= 15 is 0 Å². The number of benzene rings is 1. The Morgan fingerprint density at radius 2 is 2.11 bits per heavy atom. The molecule has 1 heterocycles. The Bertz CT molecular complexity index is 624. The normalized spacial score (nSPS) is 20.5. The van der Waals surface area contributed by atoms with Gasteiger partial charge in [0.1, 0.15) is 0 Å². The van der Waals surface area contributed by atoms with Crippen LogP contribution >= 0.6 is 15.9 Å². The highest BCUT2D eigenvalue weighted by molar-refractivity contribution is 9.10. The molecule has 0 radical (unpaired) electrons. The second-order valence-corrected chi connectivity index (χ2v) is 8.74. The van der Waals surface area contributed by atoms with Crippen molar-refractivity contribution in [2.24, 2.45) is 4.99 Å². The molecule has 1 saturated heterocycles. The van der Waals surface area contributed by atoms with Crippen LogP contribution in [0.1, 0.15) is 37.7 Å². The van der Waals surface area contributed by atoms with Crippen molar-refractivity contribution < 1.29 is 4.74 Å². The molecule has 6 heteroatoms. The van der Waals surface area contributed by atoms with Crippen LogP contribution in [0.2, 0.25) is 0 Å². The first kappa shape index (κ1) is 20.6. The van der Waals surface area contributed by atoms with E-state index in [0.717, 1.165) is 49.6 Å². The number of halogens is 1. The lowest BCUT2D eigenvalue weighted by atomic mass is 9.96. The van der Waals surface area contributed by atoms with Gasteiger partial charge in [-0.3, -0.25) is 4.99 Å². The van der Waals surface area contributed by atoms with Crippen LogP contribution in [0.5, 0.6) is 0 Å². The third-order valence-electron chi connectivity index (χ3n) is 5.86. The lowest BCUT2D eigenvalue weighted by Gasteiger charge is -2.33. The first-order valence-electron chi connectivity index (χ1n) is 10.1. The highest BCUT2D eigenvalue weighted by Crippen LogP contribution is 2.48. The fourth-order valence-corrected chi connectivity index (χ4v) is 4.31. The van der Waals surface area contributed by atoms with Crippen LogP contribution in [0.25, 0.3) is 0 Å². The molecule has 3 rings (SSSR count). The first-order valence-corrected chi connectivity index (χ1v) is 10.9. The standard InChI is InChI=1S/C21H33BrN4O/c1-23-20(25-19-7-12-26(13-8-19)11-4-14-27-2)24-16-21(9-10-21)17-5-3-6-18(22)15-17/h3,5-6,15,19H,4,7-14,16H2,1-2H3,(H2,23,24,25). The monoisotopic (exact) mass is 436 g/mol. The molecule has 0 atom stereocenters. The van der Waals surface area contributed by atoms with Gasteiger partial charge < -0.3 is 20.3 Å². The number of likely N-dealkylation sites (tertiary alicyclic amines) is 1. The molecule has 1 saturated carbocycles. The van der Waals surface area contributed by atoms with E-state index in [1.54, 1.807) is 7.11 Å². The number of hydrogen-bond donors (Lipinski definition) is 2. The molecule has 150 valence electrons. The third kappa shape index (κ3) is 5.93. The van der Waals surface area contributed by atoms with Gasteiger partial charge in [0, 0.05) is 62.9 Å². The highest BCUT2D eigenvalue weighted by Gasteiger charge is 2.44. The Kier molecular flexibility index (Phi) is 7.56. The molecule has 0 unspecified atom stereocenters. The average Bonchev–Trinajstić information content (AvgIpc) is 3.48. The van der Waals surface area contributed by atoms with Crippen molar-refractivity contribution in [2.75, 3.05) is 46.9 Å². The summed E-state index contributed by atoms with van der Waals surface area (Å²) in [5.74, 6) is 0.939. The number of hydrogen-bond acceptors (Lipinski definition) is 3. The van der Waals surface area contributed by atoms with E-state index in [4.69, 9.17) is 4.74 Å². The molecule has 0 bridgehead atoms. The van der Waals surface area contributed by atoms with Gasteiger partial charge in [-0.2, -0.15) is 0 Å². The number of nitrogens with one attached hydrogen (secondary N) is 2. The van der Waals surface area contributed by atoms with Gasteiger partial charge in [-0.15, -0.1) is 0 Å². The maximum Gasteiger partial charge on any atom is 0.191 e. The minimum atomic E-state index is 0.270. The molecule has 5 nitrogen and oxygen atoms in total. The third-order valence-corrected chi connectivity index (χ3v) is 6.35. The van der Waals surface area contributed by atoms with Gasteiger partial charge in [0.05, 0.1) is 0 Å². The predicted octanol–water partition coefficient (Wildman–Crippen LogP) is 3.15. The number of methoxy groups -OCH3 is 1. The smallest absolute Gasteiger partial charge is 0.191 e. The van der Waals surface area contributed by atoms with E-state index in [2.05, 4.69) is 60.7 Å². The summed E-state index contributed by atoms with van der Waals surface area (Å²) in [6, 6.07) is 9.23. The number of ether oxygens (including phenoxy) is 1. The summed E-state index contributed by atoms with van der Waals surface area (Å²) in [7, 11) is 3.64. The summed E-state index contributed by atoms with van der Waals surface area (Å²) < 4.78 is 6.31. The van der Waals surface area contributed by atoms with E-state index < -0.39 is 0 Å². The number of piperidine rings is 1. The van der Waals surface area contributed by atoms with Gasteiger partial charge in [0.2, 0.25) is 0 Å². The van der Waals surface area contributed by atoms with E-state index in [1.165, 1.54) is 31.2 Å². The van der Waals surface area contributed by atoms with Crippen molar-refractivity contribution in [3.63, 3.8) is 0 Å². The Hall–Kier alpha value is -1.11. The summed E-state index contributed by atoms with van der Waals surface area (Å²) in [4.78, 5) is 7.00. The van der Waals surface area contributed by atoms with E-state index in [-0.39, 0.29) is 5.41 Å². The van der Waals surface area contributed by atoms with Gasteiger partial charge >= 0.3 is 0 Å². The van der Waals surface area contributed by atoms with Crippen LogP contribution in [0.15, 0.2) is 33.7 Å². The van der Waals surface area contributed by atoms with Crippen molar-refractivity contribution in [1.29, 1.82) is 0 Å². The first-order chi connectivity index (χ1) is 13.1. The largest absolute Gasteiger partial charge is 0.385 e. The molecule has 2 N–H and O–H groups in total. The Labute approximate surface area is 172 Å². The van der Waals surface area contributed by atoms with E-state index in [1.807, 2.05) is 7.05 Å². The summed E-state index contributed by atoms with van der Waals surface area (Å²) in [6.45, 7) is 5.25.